The Balaban J connectivity index is 1.52. The number of hydrogen-bond donors (Lipinski definition) is 2. The van der Waals surface area contributed by atoms with Crippen molar-refractivity contribution in [3.05, 3.63) is 71.0 Å². The summed E-state index contributed by atoms with van der Waals surface area (Å²) in [5.74, 6) is -0.523. The molecular formula is C19H15FN4OS. The predicted molar refractivity (Wildman–Crippen MR) is 99.4 cm³/mol. The topological polar surface area (TPSA) is 77.8 Å². The molecular weight excluding hydrogens is 351 g/mol. The van der Waals surface area contributed by atoms with Gasteiger partial charge in [-0.2, -0.15) is 5.26 Å². The Kier molecular flexibility index (Phi) is 5.56. The molecule has 26 heavy (non-hydrogen) atoms. The van der Waals surface area contributed by atoms with Crippen molar-refractivity contribution in [2.75, 3.05) is 11.9 Å². The monoisotopic (exact) mass is 366 g/mol. The average Bonchev–Trinajstić information content (AvgIpc) is 3.13. The van der Waals surface area contributed by atoms with E-state index in [4.69, 9.17) is 5.26 Å². The zero-order chi connectivity index (χ0) is 18.4. The van der Waals surface area contributed by atoms with Gasteiger partial charge in [-0.05, 0) is 18.2 Å². The first-order valence-corrected chi connectivity index (χ1v) is 8.78. The first-order valence-electron chi connectivity index (χ1n) is 7.90. The van der Waals surface area contributed by atoms with Crippen LogP contribution in [0.25, 0.3) is 10.6 Å². The molecule has 0 radical (unpaired) electrons. The summed E-state index contributed by atoms with van der Waals surface area (Å²) in [7, 11) is 0. The summed E-state index contributed by atoms with van der Waals surface area (Å²) in [4.78, 5) is 16.5. The summed E-state index contributed by atoms with van der Waals surface area (Å²) in [5.41, 5.74) is 2.31. The third kappa shape index (κ3) is 4.43. The Morgan fingerprint density at radius 3 is 2.81 bits per heavy atom. The highest BCUT2D eigenvalue weighted by Crippen LogP contribution is 2.23. The maximum atomic E-state index is 13.1. The Morgan fingerprint density at radius 1 is 1.23 bits per heavy atom. The number of anilines is 1. The summed E-state index contributed by atoms with van der Waals surface area (Å²) < 4.78 is 13.1. The number of carbonyl (C=O) groups is 1. The molecule has 0 aliphatic carbocycles. The molecule has 130 valence electrons. The molecule has 0 saturated carbocycles. The molecule has 2 N–H and O–H groups in total. The van der Waals surface area contributed by atoms with E-state index in [1.165, 1.54) is 12.1 Å². The van der Waals surface area contributed by atoms with Crippen LogP contribution in [0.5, 0.6) is 0 Å². The Bertz CT molecular complexity index is 950. The Morgan fingerprint density at radius 2 is 2.04 bits per heavy atom. The van der Waals surface area contributed by atoms with E-state index in [0.29, 0.717) is 13.0 Å². The van der Waals surface area contributed by atoms with Crippen LogP contribution in [0.15, 0.2) is 53.9 Å². The standard InChI is InChI=1S/C19H15FN4OS/c20-15-6-7-17(14(10-15)11-21)24-19(25)22-9-8-16-12-26-18(23-16)13-4-2-1-3-5-13/h1-7,10,12H,8-9H2,(H2,22,24,25). The third-order valence-electron chi connectivity index (χ3n) is 3.59. The summed E-state index contributed by atoms with van der Waals surface area (Å²) in [6.07, 6.45) is 0.589. The minimum absolute atomic E-state index is 0.0761. The van der Waals surface area contributed by atoms with Crippen LogP contribution < -0.4 is 10.6 Å². The smallest absolute Gasteiger partial charge is 0.319 e. The second-order valence-corrected chi connectivity index (χ2v) is 6.30. The lowest BCUT2D eigenvalue weighted by atomic mass is 10.2. The normalized spacial score (nSPS) is 10.2. The highest BCUT2D eigenvalue weighted by molar-refractivity contribution is 7.13. The van der Waals surface area contributed by atoms with Crippen LogP contribution in [0.2, 0.25) is 0 Å². The van der Waals surface area contributed by atoms with Crippen molar-refractivity contribution >= 4 is 23.1 Å². The number of aromatic nitrogens is 1. The van der Waals surface area contributed by atoms with Crippen molar-refractivity contribution in [2.45, 2.75) is 6.42 Å². The SMILES string of the molecule is N#Cc1cc(F)ccc1NC(=O)NCCc1csc(-c2ccccc2)n1. The van der Waals surface area contributed by atoms with E-state index in [1.54, 1.807) is 11.3 Å². The van der Waals surface area contributed by atoms with E-state index in [1.807, 2.05) is 41.8 Å². The van der Waals surface area contributed by atoms with E-state index < -0.39 is 11.8 Å². The van der Waals surface area contributed by atoms with Gasteiger partial charge in [0.25, 0.3) is 0 Å². The number of nitrogens with zero attached hydrogens (tertiary/aromatic N) is 2. The number of nitrogens with one attached hydrogen (secondary N) is 2. The van der Waals surface area contributed by atoms with Gasteiger partial charge in [-0.3, -0.25) is 0 Å². The van der Waals surface area contributed by atoms with Crippen molar-refractivity contribution in [3.63, 3.8) is 0 Å². The number of urea groups is 1. The van der Waals surface area contributed by atoms with Crippen LogP contribution in [0.1, 0.15) is 11.3 Å². The number of amides is 2. The first kappa shape index (κ1) is 17.6. The van der Waals surface area contributed by atoms with Gasteiger partial charge in [0.05, 0.1) is 16.9 Å². The Hall–Kier alpha value is -3.24. The summed E-state index contributed by atoms with van der Waals surface area (Å²) >= 11 is 1.56. The Labute approximate surface area is 154 Å². The molecule has 0 atom stereocenters. The molecule has 0 aliphatic heterocycles. The molecule has 1 aromatic heterocycles. The third-order valence-corrected chi connectivity index (χ3v) is 4.53. The van der Waals surface area contributed by atoms with E-state index in [0.717, 1.165) is 22.3 Å². The van der Waals surface area contributed by atoms with Gasteiger partial charge >= 0.3 is 6.03 Å². The van der Waals surface area contributed by atoms with E-state index >= 15 is 0 Å². The van der Waals surface area contributed by atoms with Gasteiger partial charge in [0, 0.05) is 23.9 Å². The summed E-state index contributed by atoms with van der Waals surface area (Å²) in [6, 6.07) is 14.9. The zero-order valence-electron chi connectivity index (χ0n) is 13.7. The van der Waals surface area contributed by atoms with Gasteiger partial charge in [-0.15, -0.1) is 11.3 Å². The lowest BCUT2D eigenvalue weighted by Crippen LogP contribution is -2.30. The van der Waals surface area contributed by atoms with Crippen molar-refractivity contribution in [2.24, 2.45) is 0 Å². The molecule has 0 unspecified atom stereocenters. The van der Waals surface area contributed by atoms with Crippen LogP contribution in [-0.2, 0) is 6.42 Å². The van der Waals surface area contributed by atoms with E-state index in [9.17, 15) is 9.18 Å². The fourth-order valence-corrected chi connectivity index (χ4v) is 3.18. The largest absolute Gasteiger partial charge is 0.337 e. The molecule has 0 saturated heterocycles. The number of thiazole rings is 1. The van der Waals surface area contributed by atoms with E-state index in [2.05, 4.69) is 15.6 Å². The van der Waals surface area contributed by atoms with Gasteiger partial charge in [-0.25, -0.2) is 14.2 Å². The highest BCUT2D eigenvalue weighted by atomic mass is 32.1. The molecule has 2 amide bonds. The minimum Gasteiger partial charge on any atom is -0.337 e. The van der Waals surface area contributed by atoms with Gasteiger partial charge in [0.15, 0.2) is 0 Å². The number of rotatable bonds is 5. The van der Waals surface area contributed by atoms with Crippen LogP contribution in [0.3, 0.4) is 0 Å². The van der Waals surface area contributed by atoms with E-state index in [-0.39, 0.29) is 11.3 Å². The molecule has 1 heterocycles. The first-order chi connectivity index (χ1) is 12.7. The van der Waals surface area contributed by atoms with Crippen LogP contribution >= 0.6 is 11.3 Å². The molecule has 0 fully saturated rings. The van der Waals surface area contributed by atoms with Gasteiger partial charge in [-0.1, -0.05) is 30.3 Å². The number of hydrogen-bond acceptors (Lipinski definition) is 4. The maximum Gasteiger partial charge on any atom is 0.319 e. The van der Waals surface area contributed by atoms with Crippen LogP contribution in [0.4, 0.5) is 14.9 Å². The summed E-state index contributed by atoms with van der Waals surface area (Å²) in [5, 5.41) is 17.1. The van der Waals surface area contributed by atoms with Gasteiger partial charge in [0.2, 0.25) is 0 Å². The number of nitriles is 1. The maximum absolute atomic E-state index is 13.1. The zero-order valence-corrected chi connectivity index (χ0v) is 14.5. The van der Waals surface area contributed by atoms with Gasteiger partial charge < -0.3 is 10.6 Å². The molecule has 5 nitrogen and oxygen atoms in total. The van der Waals surface area contributed by atoms with Crippen molar-refractivity contribution in [1.82, 2.24) is 10.3 Å². The molecule has 3 rings (SSSR count). The molecule has 3 aromatic rings. The molecule has 2 aromatic carbocycles. The summed E-state index contributed by atoms with van der Waals surface area (Å²) in [6.45, 7) is 0.396. The average molecular weight is 366 g/mol. The highest BCUT2D eigenvalue weighted by Gasteiger charge is 2.08. The molecule has 7 heteroatoms. The van der Waals surface area contributed by atoms with Crippen molar-refractivity contribution < 1.29 is 9.18 Å². The van der Waals surface area contributed by atoms with Crippen molar-refractivity contribution in [3.8, 4) is 16.6 Å². The number of carbonyl (C=O) groups excluding carboxylic acids is 1. The number of halogens is 1. The second kappa shape index (κ2) is 8.23. The van der Waals surface area contributed by atoms with Crippen LogP contribution in [0, 0.1) is 17.1 Å². The quantitative estimate of drug-likeness (QED) is 0.711. The molecule has 0 aliphatic rings. The lowest BCUT2D eigenvalue weighted by molar-refractivity contribution is 0.252. The van der Waals surface area contributed by atoms with Crippen LogP contribution in [-0.4, -0.2) is 17.6 Å². The van der Waals surface area contributed by atoms with Gasteiger partial charge in [0.1, 0.15) is 16.9 Å². The lowest BCUT2D eigenvalue weighted by Gasteiger charge is -2.08. The number of benzene rings is 2. The second-order valence-electron chi connectivity index (χ2n) is 5.44. The molecule has 0 spiro atoms. The molecule has 0 bridgehead atoms. The predicted octanol–water partition coefficient (Wildman–Crippen LogP) is 4.19. The van der Waals surface area contributed by atoms with Crippen molar-refractivity contribution in [1.29, 1.82) is 5.26 Å². The minimum atomic E-state index is -0.523. The fraction of sp³-hybridized carbons (Fsp3) is 0.105. The fourth-order valence-electron chi connectivity index (χ4n) is 2.32.